The van der Waals surface area contributed by atoms with Gasteiger partial charge in [0.15, 0.2) is 0 Å². The molecule has 0 fully saturated rings. The van der Waals surface area contributed by atoms with Gasteiger partial charge in [-0.2, -0.15) is 5.26 Å². The van der Waals surface area contributed by atoms with Gasteiger partial charge in [-0.05, 0) is 51.0 Å². The second kappa shape index (κ2) is 6.11. The summed E-state index contributed by atoms with van der Waals surface area (Å²) in [6.07, 6.45) is 3.58. The zero-order valence-electron chi connectivity index (χ0n) is 11.8. The van der Waals surface area contributed by atoms with Crippen LogP contribution in [0, 0.1) is 16.7 Å². The minimum atomic E-state index is -0.262. The highest BCUT2D eigenvalue weighted by Gasteiger charge is 2.15. The van der Waals surface area contributed by atoms with E-state index >= 15 is 0 Å². The molecule has 0 aliphatic heterocycles. The maximum Gasteiger partial charge on any atom is 0.0948 e. The summed E-state index contributed by atoms with van der Waals surface area (Å²) in [4.78, 5) is 4.39. The molecule has 4 heteroatoms. The topological polar surface area (TPSA) is 48.7 Å². The van der Waals surface area contributed by atoms with E-state index in [2.05, 4.69) is 16.4 Å². The summed E-state index contributed by atoms with van der Waals surface area (Å²) in [5.41, 5.74) is 1.61. The molecule has 2 rings (SSSR count). The van der Waals surface area contributed by atoms with Crippen LogP contribution in [0.2, 0.25) is 5.02 Å². The molecule has 20 heavy (non-hydrogen) atoms. The molecule has 0 atom stereocenters. The highest BCUT2D eigenvalue weighted by atomic mass is 35.5. The molecule has 0 bridgehead atoms. The minimum Gasteiger partial charge on any atom is -0.383 e. The zero-order valence-corrected chi connectivity index (χ0v) is 12.5. The van der Waals surface area contributed by atoms with Crippen LogP contribution >= 0.6 is 11.6 Å². The van der Waals surface area contributed by atoms with E-state index in [0.29, 0.717) is 5.02 Å². The SMILES string of the molecule is CC(C)(C#N)CCCNc1ccc(Cl)c2cccnc12. The van der Waals surface area contributed by atoms with Gasteiger partial charge in [0.2, 0.25) is 0 Å². The van der Waals surface area contributed by atoms with Gasteiger partial charge < -0.3 is 5.32 Å². The quantitative estimate of drug-likeness (QED) is 0.816. The molecule has 3 nitrogen and oxygen atoms in total. The summed E-state index contributed by atoms with van der Waals surface area (Å²) in [5.74, 6) is 0. The number of benzene rings is 1. The summed E-state index contributed by atoms with van der Waals surface area (Å²) in [6, 6.07) is 10.0. The molecule has 0 aliphatic carbocycles. The van der Waals surface area contributed by atoms with Gasteiger partial charge in [-0.1, -0.05) is 11.6 Å². The molecular formula is C16H18ClN3. The molecule has 2 aromatic rings. The summed E-state index contributed by atoms with van der Waals surface area (Å²) in [6.45, 7) is 4.75. The monoisotopic (exact) mass is 287 g/mol. The fourth-order valence-corrected chi connectivity index (χ4v) is 2.31. The van der Waals surface area contributed by atoms with Crippen LogP contribution in [0.4, 0.5) is 5.69 Å². The lowest BCUT2D eigenvalue weighted by molar-refractivity contribution is 0.441. The Bertz CT molecular complexity index is 644. The number of nitrogens with one attached hydrogen (secondary N) is 1. The van der Waals surface area contributed by atoms with Crippen LogP contribution < -0.4 is 5.32 Å². The van der Waals surface area contributed by atoms with Crippen LogP contribution in [0.3, 0.4) is 0 Å². The lowest BCUT2D eigenvalue weighted by Gasteiger charge is -2.15. The van der Waals surface area contributed by atoms with Gasteiger partial charge in [0, 0.05) is 18.1 Å². The number of nitriles is 1. The summed E-state index contributed by atoms with van der Waals surface area (Å²) >= 11 is 6.17. The zero-order chi connectivity index (χ0) is 14.6. The Labute approximate surface area is 124 Å². The van der Waals surface area contributed by atoms with E-state index in [-0.39, 0.29) is 5.41 Å². The number of fused-ring (bicyclic) bond motifs is 1. The number of hydrogen-bond donors (Lipinski definition) is 1. The van der Waals surface area contributed by atoms with Gasteiger partial charge in [-0.25, -0.2) is 0 Å². The van der Waals surface area contributed by atoms with Crippen molar-refractivity contribution in [3.05, 3.63) is 35.5 Å². The van der Waals surface area contributed by atoms with Crippen molar-refractivity contribution in [2.45, 2.75) is 26.7 Å². The normalized spacial score (nSPS) is 11.3. The van der Waals surface area contributed by atoms with Gasteiger partial charge in [-0.15, -0.1) is 0 Å². The molecule has 1 aromatic carbocycles. The Morgan fingerprint density at radius 2 is 2.15 bits per heavy atom. The molecule has 0 aliphatic rings. The third-order valence-corrected chi connectivity index (χ3v) is 3.64. The van der Waals surface area contributed by atoms with Crippen molar-refractivity contribution < 1.29 is 0 Å². The molecular weight excluding hydrogens is 270 g/mol. The van der Waals surface area contributed by atoms with E-state index < -0.39 is 0 Å². The van der Waals surface area contributed by atoms with Crippen molar-refractivity contribution >= 4 is 28.2 Å². The van der Waals surface area contributed by atoms with Crippen LogP contribution in [-0.2, 0) is 0 Å². The molecule has 0 saturated heterocycles. The Hall–Kier alpha value is -1.79. The minimum absolute atomic E-state index is 0.262. The molecule has 104 valence electrons. The Morgan fingerprint density at radius 1 is 1.35 bits per heavy atom. The predicted octanol–water partition coefficient (Wildman–Crippen LogP) is 4.63. The number of hydrogen-bond acceptors (Lipinski definition) is 3. The van der Waals surface area contributed by atoms with Crippen LogP contribution in [0.15, 0.2) is 30.5 Å². The maximum atomic E-state index is 8.99. The van der Waals surface area contributed by atoms with Crippen molar-refractivity contribution in [2.24, 2.45) is 5.41 Å². The molecule has 0 amide bonds. The third-order valence-electron chi connectivity index (χ3n) is 3.31. The Kier molecular flexibility index (Phi) is 4.46. The number of pyridine rings is 1. The van der Waals surface area contributed by atoms with Gasteiger partial charge >= 0.3 is 0 Å². The molecule has 0 saturated carbocycles. The van der Waals surface area contributed by atoms with Crippen molar-refractivity contribution in [2.75, 3.05) is 11.9 Å². The van der Waals surface area contributed by atoms with Crippen LogP contribution in [-0.4, -0.2) is 11.5 Å². The fraction of sp³-hybridized carbons (Fsp3) is 0.375. The second-order valence-electron chi connectivity index (χ2n) is 5.52. The first kappa shape index (κ1) is 14.6. The molecule has 1 N–H and O–H groups in total. The van der Waals surface area contributed by atoms with Gasteiger partial charge in [0.25, 0.3) is 0 Å². The standard InChI is InChI=1S/C16H18ClN3/c1-16(2,11-18)8-4-10-19-14-7-6-13(17)12-5-3-9-20-15(12)14/h3,5-7,9,19H,4,8,10H2,1-2H3. The molecule has 0 spiro atoms. The van der Waals surface area contributed by atoms with Crippen molar-refractivity contribution in [1.82, 2.24) is 4.98 Å². The Morgan fingerprint density at radius 3 is 2.90 bits per heavy atom. The number of rotatable bonds is 5. The van der Waals surface area contributed by atoms with E-state index in [1.165, 1.54) is 0 Å². The smallest absolute Gasteiger partial charge is 0.0948 e. The predicted molar refractivity (Wildman–Crippen MR) is 83.9 cm³/mol. The Balaban J connectivity index is 2.05. The maximum absolute atomic E-state index is 8.99. The van der Waals surface area contributed by atoms with E-state index in [0.717, 1.165) is 36.0 Å². The van der Waals surface area contributed by atoms with Gasteiger partial charge in [0.1, 0.15) is 0 Å². The highest BCUT2D eigenvalue weighted by Crippen LogP contribution is 2.28. The first-order valence-corrected chi connectivity index (χ1v) is 7.10. The first-order valence-electron chi connectivity index (χ1n) is 6.72. The number of anilines is 1. The lowest BCUT2D eigenvalue weighted by Crippen LogP contribution is -2.11. The lowest BCUT2D eigenvalue weighted by atomic mass is 9.90. The van der Waals surface area contributed by atoms with Gasteiger partial charge in [0.05, 0.1) is 27.7 Å². The average Bonchev–Trinajstić information content (AvgIpc) is 2.46. The van der Waals surface area contributed by atoms with E-state index in [1.807, 2.05) is 38.1 Å². The molecule has 0 unspecified atom stereocenters. The molecule has 1 aromatic heterocycles. The van der Waals surface area contributed by atoms with Crippen LogP contribution in [0.25, 0.3) is 10.9 Å². The largest absolute Gasteiger partial charge is 0.383 e. The highest BCUT2D eigenvalue weighted by molar-refractivity contribution is 6.35. The van der Waals surface area contributed by atoms with E-state index in [4.69, 9.17) is 16.9 Å². The summed E-state index contributed by atoms with van der Waals surface area (Å²) in [5, 5.41) is 14.0. The van der Waals surface area contributed by atoms with Crippen molar-refractivity contribution in [1.29, 1.82) is 5.26 Å². The van der Waals surface area contributed by atoms with Crippen LogP contribution in [0.5, 0.6) is 0 Å². The second-order valence-corrected chi connectivity index (χ2v) is 5.93. The van der Waals surface area contributed by atoms with Crippen LogP contribution in [0.1, 0.15) is 26.7 Å². The fourth-order valence-electron chi connectivity index (χ4n) is 2.09. The number of nitrogens with zero attached hydrogens (tertiary/aromatic N) is 2. The summed E-state index contributed by atoms with van der Waals surface area (Å²) in [7, 11) is 0. The van der Waals surface area contributed by atoms with Crippen molar-refractivity contribution in [3.63, 3.8) is 0 Å². The number of halogens is 1. The first-order chi connectivity index (χ1) is 9.53. The number of aromatic nitrogens is 1. The molecule has 0 radical (unpaired) electrons. The van der Waals surface area contributed by atoms with E-state index in [1.54, 1.807) is 6.20 Å². The average molecular weight is 288 g/mol. The third kappa shape index (κ3) is 3.40. The summed E-state index contributed by atoms with van der Waals surface area (Å²) < 4.78 is 0. The van der Waals surface area contributed by atoms with Crippen molar-refractivity contribution in [3.8, 4) is 6.07 Å². The molecule has 1 heterocycles. The van der Waals surface area contributed by atoms with Gasteiger partial charge in [-0.3, -0.25) is 4.98 Å². The van der Waals surface area contributed by atoms with E-state index in [9.17, 15) is 0 Å².